The Morgan fingerprint density at radius 3 is 2.57 bits per heavy atom. The molecule has 0 spiro atoms. The second-order valence-corrected chi connectivity index (χ2v) is 4.73. The molecule has 0 bridgehead atoms. The van der Waals surface area contributed by atoms with Gasteiger partial charge in [-0.25, -0.2) is 0 Å². The van der Waals surface area contributed by atoms with Gasteiger partial charge in [0.2, 0.25) is 5.43 Å². The van der Waals surface area contributed by atoms with Crippen LogP contribution in [0.25, 0.3) is 10.9 Å². The van der Waals surface area contributed by atoms with Gasteiger partial charge < -0.3 is 4.98 Å². The largest absolute Gasteiger partial charge is 0.360 e. The Morgan fingerprint density at radius 1 is 1.00 bits per heavy atom. The molecule has 114 valence electrons. The fourth-order valence-corrected chi connectivity index (χ4v) is 2.09. The molecule has 0 aliphatic carbocycles. The number of para-hydroxylation sites is 1. The van der Waals surface area contributed by atoms with Crippen LogP contribution in [0.2, 0.25) is 0 Å². The predicted octanol–water partition coefficient (Wildman–Crippen LogP) is 0.998. The van der Waals surface area contributed by atoms with Crippen molar-refractivity contribution in [2.24, 2.45) is 0 Å². The molecule has 0 radical (unpaired) electrons. The highest BCUT2D eigenvalue weighted by molar-refractivity contribution is 6.00. The first-order valence-corrected chi connectivity index (χ1v) is 6.78. The van der Waals surface area contributed by atoms with Crippen LogP contribution < -0.4 is 16.3 Å². The van der Waals surface area contributed by atoms with Gasteiger partial charge in [-0.15, -0.1) is 0 Å². The van der Waals surface area contributed by atoms with Gasteiger partial charge in [0.15, 0.2) is 0 Å². The van der Waals surface area contributed by atoms with Gasteiger partial charge in [-0.1, -0.05) is 12.1 Å². The summed E-state index contributed by atoms with van der Waals surface area (Å²) in [5.74, 6) is -1.22. The van der Waals surface area contributed by atoms with Crippen molar-refractivity contribution >= 4 is 22.7 Å². The van der Waals surface area contributed by atoms with E-state index in [1.54, 1.807) is 36.4 Å². The lowest BCUT2D eigenvalue weighted by Gasteiger charge is -2.07. The molecule has 0 saturated carbocycles. The van der Waals surface area contributed by atoms with E-state index in [1.165, 1.54) is 18.6 Å². The van der Waals surface area contributed by atoms with Crippen LogP contribution >= 0.6 is 0 Å². The molecule has 0 aliphatic heterocycles. The number of aromatic amines is 1. The summed E-state index contributed by atoms with van der Waals surface area (Å²) in [4.78, 5) is 42.9. The molecular formula is C16H12N4O3. The summed E-state index contributed by atoms with van der Waals surface area (Å²) in [5.41, 5.74) is 4.88. The first kappa shape index (κ1) is 14.5. The quantitative estimate of drug-likeness (QED) is 0.614. The summed E-state index contributed by atoms with van der Waals surface area (Å²) in [5, 5.41) is 0.402. The van der Waals surface area contributed by atoms with Gasteiger partial charge >= 0.3 is 0 Å². The molecule has 7 nitrogen and oxygen atoms in total. The minimum Gasteiger partial charge on any atom is -0.360 e. The lowest BCUT2D eigenvalue weighted by Crippen LogP contribution is -2.43. The van der Waals surface area contributed by atoms with Crippen LogP contribution in [0.1, 0.15) is 20.7 Å². The summed E-state index contributed by atoms with van der Waals surface area (Å²) >= 11 is 0. The molecule has 2 aromatic heterocycles. The van der Waals surface area contributed by atoms with E-state index in [-0.39, 0.29) is 5.56 Å². The van der Waals surface area contributed by atoms with E-state index in [0.29, 0.717) is 16.5 Å². The molecule has 0 atom stereocenters. The van der Waals surface area contributed by atoms with Gasteiger partial charge in [-0.2, -0.15) is 0 Å². The second kappa shape index (κ2) is 6.10. The Kier molecular flexibility index (Phi) is 3.84. The number of carbonyl (C=O) groups excluding carboxylic acids is 2. The number of benzene rings is 1. The van der Waals surface area contributed by atoms with Crippen molar-refractivity contribution in [2.45, 2.75) is 0 Å². The van der Waals surface area contributed by atoms with Crippen LogP contribution in [0, 0.1) is 0 Å². The predicted molar refractivity (Wildman–Crippen MR) is 83.7 cm³/mol. The zero-order valence-corrected chi connectivity index (χ0v) is 11.9. The molecule has 7 heteroatoms. The van der Waals surface area contributed by atoms with Gasteiger partial charge in [-0.3, -0.25) is 30.2 Å². The van der Waals surface area contributed by atoms with Crippen LogP contribution in [-0.2, 0) is 0 Å². The third-order valence-electron chi connectivity index (χ3n) is 3.25. The minimum atomic E-state index is -0.700. The van der Waals surface area contributed by atoms with Crippen molar-refractivity contribution in [1.29, 1.82) is 0 Å². The zero-order chi connectivity index (χ0) is 16.2. The van der Waals surface area contributed by atoms with Crippen LogP contribution in [0.5, 0.6) is 0 Å². The van der Waals surface area contributed by atoms with Crippen LogP contribution in [0.15, 0.2) is 59.8 Å². The second-order valence-electron chi connectivity index (χ2n) is 4.73. The highest BCUT2D eigenvalue weighted by Gasteiger charge is 2.14. The Bertz CT molecular complexity index is 935. The smallest absolute Gasteiger partial charge is 0.275 e. The van der Waals surface area contributed by atoms with E-state index in [2.05, 4.69) is 20.8 Å². The summed E-state index contributed by atoms with van der Waals surface area (Å²) in [6, 6.07) is 10.0. The fraction of sp³-hybridized carbons (Fsp3) is 0. The van der Waals surface area contributed by atoms with Crippen molar-refractivity contribution in [1.82, 2.24) is 20.8 Å². The number of nitrogens with one attached hydrogen (secondary N) is 3. The van der Waals surface area contributed by atoms with E-state index in [9.17, 15) is 14.4 Å². The third kappa shape index (κ3) is 2.93. The number of carbonyl (C=O) groups is 2. The van der Waals surface area contributed by atoms with Crippen molar-refractivity contribution in [3.05, 3.63) is 76.3 Å². The number of hydrazine groups is 1. The number of H-pyrrole nitrogens is 1. The molecule has 23 heavy (non-hydrogen) atoms. The van der Waals surface area contributed by atoms with Crippen molar-refractivity contribution in [3.8, 4) is 0 Å². The highest BCUT2D eigenvalue weighted by Crippen LogP contribution is 2.06. The third-order valence-corrected chi connectivity index (χ3v) is 3.25. The summed E-state index contributed by atoms with van der Waals surface area (Å²) < 4.78 is 0. The first-order valence-electron chi connectivity index (χ1n) is 6.78. The normalized spacial score (nSPS) is 10.3. The van der Waals surface area contributed by atoms with E-state index in [1.807, 2.05) is 0 Å². The summed E-state index contributed by atoms with van der Waals surface area (Å²) in [7, 11) is 0. The molecule has 0 unspecified atom stereocenters. The minimum absolute atomic E-state index is 0.0878. The van der Waals surface area contributed by atoms with E-state index in [0.717, 1.165) is 0 Å². The number of nitrogens with zero attached hydrogens (tertiary/aromatic N) is 1. The van der Waals surface area contributed by atoms with Gasteiger partial charge in [0.25, 0.3) is 11.8 Å². The van der Waals surface area contributed by atoms with Crippen molar-refractivity contribution in [3.63, 3.8) is 0 Å². The lowest BCUT2D eigenvalue weighted by molar-refractivity contribution is 0.0846. The SMILES string of the molecule is O=C(NNC(=O)c1c[nH]c2ccccc2c1=O)c1cccnc1. The molecule has 0 saturated heterocycles. The number of fused-ring (bicyclic) bond motifs is 1. The molecule has 2 amide bonds. The van der Waals surface area contributed by atoms with Crippen LogP contribution in [0.3, 0.4) is 0 Å². The van der Waals surface area contributed by atoms with Crippen molar-refractivity contribution in [2.75, 3.05) is 0 Å². The highest BCUT2D eigenvalue weighted by atomic mass is 16.2. The standard InChI is InChI=1S/C16H12N4O3/c21-14-11-5-1-2-6-13(11)18-9-12(14)16(23)20-19-15(22)10-4-3-7-17-8-10/h1-9H,(H,18,21)(H,19,22)(H,20,23). The first-order chi connectivity index (χ1) is 11.2. The number of amides is 2. The van der Waals surface area contributed by atoms with E-state index < -0.39 is 17.2 Å². The molecule has 2 heterocycles. The topological polar surface area (TPSA) is 104 Å². The Morgan fingerprint density at radius 2 is 1.78 bits per heavy atom. The zero-order valence-electron chi connectivity index (χ0n) is 11.9. The van der Waals surface area contributed by atoms with Gasteiger partial charge in [0, 0.05) is 29.5 Å². The maximum absolute atomic E-state index is 12.3. The van der Waals surface area contributed by atoms with Gasteiger partial charge in [0.05, 0.1) is 5.56 Å². The maximum atomic E-state index is 12.3. The lowest BCUT2D eigenvalue weighted by atomic mass is 10.1. The van der Waals surface area contributed by atoms with E-state index in [4.69, 9.17) is 0 Å². The monoisotopic (exact) mass is 308 g/mol. The van der Waals surface area contributed by atoms with Crippen molar-refractivity contribution < 1.29 is 9.59 Å². The average molecular weight is 308 g/mol. The molecule has 3 rings (SSSR count). The van der Waals surface area contributed by atoms with Crippen LogP contribution in [0.4, 0.5) is 0 Å². The maximum Gasteiger partial charge on any atom is 0.275 e. The number of aromatic nitrogens is 2. The summed E-state index contributed by atoms with van der Waals surface area (Å²) in [6.45, 7) is 0. The summed E-state index contributed by atoms with van der Waals surface area (Å²) in [6.07, 6.45) is 4.21. The van der Waals surface area contributed by atoms with Crippen LogP contribution in [-0.4, -0.2) is 21.8 Å². The number of pyridine rings is 2. The molecular weight excluding hydrogens is 296 g/mol. The van der Waals surface area contributed by atoms with Gasteiger partial charge in [0.1, 0.15) is 5.56 Å². The number of rotatable bonds is 2. The Balaban J connectivity index is 1.78. The number of hydrogen-bond acceptors (Lipinski definition) is 4. The average Bonchev–Trinajstić information content (AvgIpc) is 2.60. The fourth-order valence-electron chi connectivity index (χ4n) is 2.09. The van der Waals surface area contributed by atoms with Gasteiger partial charge in [-0.05, 0) is 24.3 Å². The molecule has 0 fully saturated rings. The Hall–Kier alpha value is -3.48. The molecule has 1 aromatic carbocycles. The molecule has 0 aliphatic rings. The molecule has 3 N–H and O–H groups in total. The molecule has 3 aromatic rings. The van der Waals surface area contributed by atoms with E-state index >= 15 is 0 Å². The Labute approximate surface area is 130 Å². The number of hydrogen-bond donors (Lipinski definition) is 3.